The Bertz CT molecular complexity index is 1230. The van der Waals surface area contributed by atoms with Gasteiger partial charge in [-0.1, -0.05) is 48.5 Å². The molecule has 1 saturated heterocycles. The van der Waals surface area contributed by atoms with Gasteiger partial charge in [-0.25, -0.2) is 9.97 Å². The fraction of sp³-hybridized carbons (Fsp3) is 0.414. The molecule has 0 atom stereocenters. The first-order chi connectivity index (χ1) is 18.4. The van der Waals surface area contributed by atoms with Crippen LogP contribution in [0.15, 0.2) is 53.7 Å². The lowest BCUT2D eigenvalue weighted by Gasteiger charge is -2.30. The summed E-state index contributed by atoms with van der Waals surface area (Å²) in [5.74, 6) is 3.71. The van der Waals surface area contributed by atoms with E-state index in [1.807, 2.05) is 54.4 Å². The van der Waals surface area contributed by atoms with Crippen LogP contribution in [0.5, 0.6) is 11.5 Å². The summed E-state index contributed by atoms with van der Waals surface area (Å²) >= 11 is 7.87. The van der Waals surface area contributed by atoms with Crippen LogP contribution in [0.2, 0.25) is 5.15 Å². The van der Waals surface area contributed by atoms with Crippen molar-refractivity contribution in [3.05, 3.63) is 70.4 Å². The van der Waals surface area contributed by atoms with Crippen LogP contribution in [0.1, 0.15) is 41.3 Å². The van der Waals surface area contributed by atoms with E-state index in [1.54, 1.807) is 20.3 Å². The van der Waals surface area contributed by atoms with Gasteiger partial charge in [0.25, 0.3) is 5.91 Å². The minimum absolute atomic E-state index is 0.120. The van der Waals surface area contributed by atoms with Crippen molar-refractivity contribution >= 4 is 35.1 Å². The number of halogens is 1. The van der Waals surface area contributed by atoms with Crippen LogP contribution in [0, 0.1) is 5.92 Å². The predicted octanol–water partition coefficient (Wildman–Crippen LogP) is 5.99. The van der Waals surface area contributed by atoms with Crippen LogP contribution < -0.4 is 14.4 Å². The molecular formula is C29H35ClN4O3S. The maximum Gasteiger partial charge on any atom is 0.253 e. The Kier molecular flexibility index (Phi) is 9.74. The number of methoxy groups -OCH3 is 2. The highest BCUT2D eigenvalue weighted by Crippen LogP contribution is 2.28. The summed E-state index contributed by atoms with van der Waals surface area (Å²) in [6.07, 6.45) is 2.96. The van der Waals surface area contributed by atoms with E-state index in [9.17, 15) is 4.79 Å². The Hall–Kier alpha value is -2.97. The molecule has 3 aromatic rings. The largest absolute Gasteiger partial charge is 0.493 e. The zero-order chi connectivity index (χ0) is 27.1. The van der Waals surface area contributed by atoms with Gasteiger partial charge in [0.2, 0.25) is 0 Å². The van der Waals surface area contributed by atoms with Gasteiger partial charge in [0.1, 0.15) is 11.0 Å². The first-order valence-corrected chi connectivity index (χ1v) is 14.2. The third kappa shape index (κ3) is 7.32. The highest BCUT2D eigenvalue weighted by molar-refractivity contribution is 7.98. The fourth-order valence-electron chi connectivity index (χ4n) is 4.38. The zero-order valence-corrected chi connectivity index (χ0v) is 24.0. The molecular weight excluding hydrogens is 520 g/mol. The van der Waals surface area contributed by atoms with Gasteiger partial charge in [-0.15, -0.1) is 0 Å². The summed E-state index contributed by atoms with van der Waals surface area (Å²) in [5, 5.41) is 1.03. The highest BCUT2D eigenvalue weighted by Gasteiger charge is 2.21. The minimum atomic E-state index is 0.120. The summed E-state index contributed by atoms with van der Waals surface area (Å²) in [7, 11) is 5.26. The Morgan fingerprint density at radius 3 is 2.39 bits per heavy atom. The number of carbonyl (C=O) groups excluding carboxylic acids is 1. The van der Waals surface area contributed by atoms with Crippen molar-refractivity contribution in [2.75, 3.05) is 45.8 Å². The average molecular weight is 555 g/mol. The number of rotatable bonds is 10. The van der Waals surface area contributed by atoms with Gasteiger partial charge in [0.15, 0.2) is 16.7 Å². The lowest BCUT2D eigenvalue weighted by Crippen LogP contribution is -2.37. The summed E-state index contributed by atoms with van der Waals surface area (Å²) in [6.45, 7) is 4.68. The minimum Gasteiger partial charge on any atom is -0.493 e. The van der Waals surface area contributed by atoms with E-state index >= 15 is 0 Å². The predicted molar refractivity (Wildman–Crippen MR) is 154 cm³/mol. The maximum atomic E-state index is 12.8. The normalized spacial score (nSPS) is 13.9. The monoisotopic (exact) mass is 554 g/mol. The van der Waals surface area contributed by atoms with Gasteiger partial charge in [-0.3, -0.25) is 4.79 Å². The van der Waals surface area contributed by atoms with Gasteiger partial charge in [0, 0.05) is 44.1 Å². The molecule has 0 aliphatic carbocycles. The van der Waals surface area contributed by atoms with Crippen molar-refractivity contribution in [1.29, 1.82) is 0 Å². The molecule has 1 aromatic heterocycles. The average Bonchev–Trinajstić information content (AvgIpc) is 2.94. The number of carbonyl (C=O) groups is 1. The molecule has 0 saturated carbocycles. The first-order valence-electron chi connectivity index (χ1n) is 12.8. The molecule has 202 valence electrons. The van der Waals surface area contributed by atoms with Crippen molar-refractivity contribution in [3.8, 4) is 11.5 Å². The van der Waals surface area contributed by atoms with E-state index in [1.165, 1.54) is 11.8 Å². The molecule has 0 N–H and O–H groups in total. The van der Waals surface area contributed by atoms with E-state index in [-0.39, 0.29) is 5.91 Å². The summed E-state index contributed by atoms with van der Waals surface area (Å²) in [4.78, 5) is 26.0. The van der Waals surface area contributed by atoms with Crippen LogP contribution in [0.3, 0.4) is 0 Å². The molecule has 0 radical (unpaired) electrons. The standard InChI is InChI=1S/C29H35ClN4O3S/c1-20-11-15-34(16-12-20)28(35)23-8-5-22(6-9-23)19-38-29-31-26(30)18-27(32-29)33(2)14-13-21-7-10-24(36-3)25(17-21)37-4/h5-10,17-18,20H,11-16,19H2,1-4H3. The molecule has 9 heteroatoms. The van der Waals surface area contributed by atoms with E-state index in [0.29, 0.717) is 27.7 Å². The molecule has 0 spiro atoms. The van der Waals surface area contributed by atoms with E-state index in [2.05, 4.69) is 16.8 Å². The molecule has 2 aromatic carbocycles. The van der Waals surface area contributed by atoms with Crippen LogP contribution in [0.25, 0.3) is 0 Å². The number of ether oxygens (including phenoxy) is 2. The highest BCUT2D eigenvalue weighted by atomic mass is 35.5. The second kappa shape index (κ2) is 13.2. The van der Waals surface area contributed by atoms with E-state index in [4.69, 9.17) is 26.1 Å². The molecule has 0 bridgehead atoms. The number of benzene rings is 2. The van der Waals surface area contributed by atoms with Crippen molar-refractivity contribution in [2.24, 2.45) is 5.92 Å². The van der Waals surface area contributed by atoms with Crippen molar-refractivity contribution in [3.63, 3.8) is 0 Å². The molecule has 1 aliphatic heterocycles. The Morgan fingerprint density at radius 2 is 1.71 bits per heavy atom. The van der Waals surface area contributed by atoms with Crippen LogP contribution in [-0.4, -0.2) is 61.7 Å². The van der Waals surface area contributed by atoms with Crippen molar-refractivity contribution < 1.29 is 14.3 Å². The third-order valence-corrected chi connectivity index (χ3v) is 7.99. The molecule has 4 rings (SSSR count). The number of amides is 1. The Morgan fingerprint density at radius 1 is 1.03 bits per heavy atom. The Balaban J connectivity index is 1.33. The SMILES string of the molecule is COc1ccc(CCN(C)c2cc(Cl)nc(SCc3ccc(C(=O)N4CCC(C)CC4)cc3)n2)cc1OC. The zero-order valence-electron chi connectivity index (χ0n) is 22.4. The first kappa shape index (κ1) is 28.0. The molecule has 1 amide bonds. The maximum absolute atomic E-state index is 12.8. The van der Waals surface area contributed by atoms with Crippen LogP contribution >= 0.6 is 23.4 Å². The Labute approximate surface area is 234 Å². The number of likely N-dealkylation sites (tertiary alicyclic amines) is 1. The number of anilines is 1. The van der Waals surface area contributed by atoms with Crippen LogP contribution in [-0.2, 0) is 12.2 Å². The second-order valence-corrected chi connectivity index (χ2v) is 11.0. The number of hydrogen-bond donors (Lipinski definition) is 0. The van der Waals surface area contributed by atoms with Gasteiger partial charge >= 0.3 is 0 Å². The molecule has 7 nitrogen and oxygen atoms in total. The lowest BCUT2D eigenvalue weighted by atomic mass is 9.98. The summed E-state index contributed by atoms with van der Waals surface area (Å²) in [5.41, 5.74) is 2.98. The second-order valence-electron chi connectivity index (χ2n) is 9.65. The lowest BCUT2D eigenvalue weighted by molar-refractivity contribution is 0.0697. The third-order valence-electron chi connectivity index (χ3n) is 6.88. The number of hydrogen-bond acceptors (Lipinski definition) is 7. The number of thioether (sulfide) groups is 1. The smallest absolute Gasteiger partial charge is 0.253 e. The van der Waals surface area contributed by atoms with Crippen molar-refractivity contribution in [2.45, 2.75) is 37.1 Å². The molecule has 2 heterocycles. The van der Waals surface area contributed by atoms with E-state index < -0.39 is 0 Å². The number of piperidine rings is 1. The topological polar surface area (TPSA) is 67.8 Å². The van der Waals surface area contributed by atoms with Crippen molar-refractivity contribution in [1.82, 2.24) is 14.9 Å². The quantitative estimate of drug-likeness (QED) is 0.173. The molecule has 38 heavy (non-hydrogen) atoms. The van der Waals surface area contributed by atoms with E-state index in [0.717, 1.165) is 67.2 Å². The molecule has 1 fully saturated rings. The molecule has 1 aliphatic rings. The number of nitrogens with zero attached hydrogens (tertiary/aromatic N) is 4. The van der Waals surface area contributed by atoms with Gasteiger partial charge < -0.3 is 19.3 Å². The summed E-state index contributed by atoms with van der Waals surface area (Å²) in [6, 6.07) is 15.6. The fourth-order valence-corrected chi connectivity index (χ4v) is 5.42. The van der Waals surface area contributed by atoms with Gasteiger partial charge in [-0.2, -0.15) is 0 Å². The summed E-state index contributed by atoms with van der Waals surface area (Å²) < 4.78 is 10.7. The number of aromatic nitrogens is 2. The van der Waals surface area contributed by atoms with Gasteiger partial charge in [-0.05, 0) is 60.6 Å². The molecule has 0 unspecified atom stereocenters. The van der Waals surface area contributed by atoms with Gasteiger partial charge in [0.05, 0.1) is 14.2 Å². The van der Waals surface area contributed by atoms with Crippen LogP contribution in [0.4, 0.5) is 5.82 Å². The number of likely N-dealkylation sites (N-methyl/N-ethyl adjacent to an activating group) is 1.